The van der Waals surface area contributed by atoms with Gasteiger partial charge in [-0.2, -0.15) is 0 Å². The third-order valence-corrected chi connectivity index (χ3v) is 5.08. The van der Waals surface area contributed by atoms with Gasteiger partial charge in [-0.05, 0) is 32.9 Å². The molecule has 0 fully saturated rings. The summed E-state index contributed by atoms with van der Waals surface area (Å²) in [5.41, 5.74) is 3.29. The largest absolute Gasteiger partial charge is 0.360 e. The molecule has 23 heavy (non-hydrogen) atoms. The van der Waals surface area contributed by atoms with Crippen LogP contribution in [0.5, 0.6) is 0 Å². The van der Waals surface area contributed by atoms with Crippen molar-refractivity contribution in [1.82, 2.24) is 15.1 Å². The summed E-state index contributed by atoms with van der Waals surface area (Å²) < 4.78 is 32.6. The highest BCUT2D eigenvalue weighted by molar-refractivity contribution is 7.92. The van der Waals surface area contributed by atoms with E-state index in [1.165, 1.54) is 0 Å². The lowest BCUT2D eigenvalue weighted by Crippen LogP contribution is -2.14. The van der Waals surface area contributed by atoms with Crippen molar-refractivity contribution < 1.29 is 12.9 Å². The van der Waals surface area contributed by atoms with Crippen LogP contribution in [-0.4, -0.2) is 23.5 Å². The highest BCUT2D eigenvalue weighted by Crippen LogP contribution is 2.26. The molecule has 0 unspecified atom stereocenters. The first-order chi connectivity index (χ1) is 10.9. The molecular weight excluding hydrogens is 316 g/mol. The number of anilines is 1. The van der Waals surface area contributed by atoms with E-state index in [1.807, 2.05) is 13.0 Å². The van der Waals surface area contributed by atoms with Crippen LogP contribution in [0.25, 0.3) is 11.3 Å². The van der Waals surface area contributed by atoms with Crippen molar-refractivity contribution >= 4 is 15.7 Å². The number of rotatable bonds is 4. The molecule has 120 valence electrons. The van der Waals surface area contributed by atoms with Crippen molar-refractivity contribution in [2.45, 2.75) is 25.7 Å². The van der Waals surface area contributed by atoms with Gasteiger partial charge in [0.05, 0.1) is 12.0 Å². The number of sulfonamides is 1. The number of aryl methyl sites for hydroxylation is 3. The minimum atomic E-state index is -3.76. The Morgan fingerprint density at radius 1 is 1.22 bits per heavy atom. The lowest BCUT2D eigenvalue weighted by Gasteiger charge is -2.09. The molecule has 8 heteroatoms. The zero-order chi connectivity index (χ0) is 16.6. The van der Waals surface area contributed by atoms with E-state index in [0.717, 1.165) is 17.0 Å². The Morgan fingerprint density at radius 2 is 2.00 bits per heavy atom. The lowest BCUT2D eigenvalue weighted by atomic mass is 10.1. The molecule has 7 nitrogen and oxygen atoms in total. The molecule has 0 saturated heterocycles. The number of nitrogens with one attached hydrogen (secondary N) is 2. The number of nitrogens with zero attached hydrogens (tertiary/aromatic N) is 2. The summed E-state index contributed by atoms with van der Waals surface area (Å²) in [6.07, 6.45) is 1.60. The Hall–Kier alpha value is -2.61. The lowest BCUT2D eigenvalue weighted by molar-refractivity contribution is 0.390. The first kappa shape index (κ1) is 15.3. The smallest absolute Gasteiger partial charge is 0.267 e. The first-order valence-electron chi connectivity index (χ1n) is 6.94. The number of benzene rings is 1. The summed E-state index contributed by atoms with van der Waals surface area (Å²) >= 11 is 0. The van der Waals surface area contributed by atoms with E-state index < -0.39 is 10.0 Å². The van der Waals surface area contributed by atoms with Crippen molar-refractivity contribution in [2.75, 3.05) is 4.72 Å². The van der Waals surface area contributed by atoms with Crippen LogP contribution in [0, 0.1) is 20.8 Å². The molecule has 2 N–H and O–H groups in total. The Labute approximate surface area is 133 Å². The van der Waals surface area contributed by atoms with Crippen LogP contribution < -0.4 is 4.72 Å². The summed E-state index contributed by atoms with van der Waals surface area (Å²) in [4.78, 5) is 7.31. The van der Waals surface area contributed by atoms with Crippen LogP contribution in [0.3, 0.4) is 0 Å². The fourth-order valence-electron chi connectivity index (χ4n) is 2.44. The predicted octanol–water partition coefficient (Wildman–Crippen LogP) is 2.79. The zero-order valence-electron chi connectivity index (χ0n) is 12.9. The minimum absolute atomic E-state index is 0.0684. The van der Waals surface area contributed by atoms with Gasteiger partial charge in [0.2, 0.25) is 0 Å². The number of hydrogen-bond acceptors (Lipinski definition) is 5. The van der Waals surface area contributed by atoms with E-state index in [-0.39, 0.29) is 10.7 Å². The number of imidazole rings is 1. The fourth-order valence-corrected chi connectivity index (χ4v) is 3.83. The van der Waals surface area contributed by atoms with Crippen molar-refractivity contribution in [3.8, 4) is 11.3 Å². The van der Waals surface area contributed by atoms with Crippen LogP contribution >= 0.6 is 0 Å². The van der Waals surface area contributed by atoms with Gasteiger partial charge in [-0.25, -0.2) is 13.4 Å². The Kier molecular flexibility index (Phi) is 3.69. The highest BCUT2D eigenvalue weighted by Gasteiger charge is 2.24. The van der Waals surface area contributed by atoms with Gasteiger partial charge in [0, 0.05) is 16.9 Å². The first-order valence-corrected chi connectivity index (χ1v) is 8.43. The summed E-state index contributed by atoms with van der Waals surface area (Å²) in [6, 6.07) is 7.06. The normalized spacial score (nSPS) is 11.6. The average Bonchev–Trinajstić information content (AvgIpc) is 3.05. The van der Waals surface area contributed by atoms with E-state index in [9.17, 15) is 8.42 Å². The van der Waals surface area contributed by atoms with Crippen LogP contribution in [-0.2, 0) is 10.0 Å². The second-order valence-corrected chi connectivity index (χ2v) is 6.83. The molecule has 0 spiro atoms. The third-order valence-electron chi connectivity index (χ3n) is 3.45. The molecular formula is C15H16N4O3S. The molecule has 3 rings (SSSR count). The molecule has 0 aliphatic heterocycles. The number of H-pyrrole nitrogens is 1. The van der Waals surface area contributed by atoms with E-state index in [2.05, 4.69) is 19.8 Å². The summed E-state index contributed by atoms with van der Waals surface area (Å²) in [5.74, 6) is 0.259. The number of aromatic amines is 1. The van der Waals surface area contributed by atoms with Crippen LogP contribution in [0.1, 0.15) is 17.1 Å². The molecule has 0 atom stereocenters. The molecule has 2 heterocycles. The molecule has 0 radical (unpaired) electrons. The van der Waals surface area contributed by atoms with E-state index in [0.29, 0.717) is 11.4 Å². The van der Waals surface area contributed by atoms with Crippen molar-refractivity contribution in [2.24, 2.45) is 0 Å². The van der Waals surface area contributed by atoms with Gasteiger partial charge in [-0.1, -0.05) is 17.3 Å². The maximum absolute atomic E-state index is 12.5. The third kappa shape index (κ3) is 2.85. The molecule has 0 aliphatic carbocycles. The summed E-state index contributed by atoms with van der Waals surface area (Å²) in [6.45, 7) is 5.07. The van der Waals surface area contributed by atoms with Gasteiger partial charge in [0.1, 0.15) is 5.69 Å². The quantitative estimate of drug-likeness (QED) is 0.765. The molecule has 3 aromatic rings. The SMILES string of the molecule is Cc1noc(C)c1S(=O)(=O)Nc1cccc(-c2nc[nH]c2C)c1. The van der Waals surface area contributed by atoms with Crippen molar-refractivity contribution in [3.05, 3.63) is 47.7 Å². The molecule has 1 aromatic carbocycles. The molecule has 2 aromatic heterocycles. The second kappa shape index (κ2) is 5.54. The Morgan fingerprint density at radius 3 is 2.61 bits per heavy atom. The summed E-state index contributed by atoms with van der Waals surface area (Å²) in [7, 11) is -3.76. The maximum atomic E-state index is 12.5. The maximum Gasteiger partial charge on any atom is 0.267 e. The summed E-state index contributed by atoms with van der Waals surface area (Å²) in [5, 5.41) is 3.69. The fraction of sp³-hybridized carbons (Fsp3) is 0.200. The highest BCUT2D eigenvalue weighted by atomic mass is 32.2. The average molecular weight is 332 g/mol. The molecule has 0 amide bonds. The standard InChI is InChI=1S/C15H16N4O3S/c1-9-14(17-8-16-9)12-5-4-6-13(7-12)19-23(20,21)15-10(2)18-22-11(15)3/h4-8,19H,1-3H3,(H,16,17). The van der Waals surface area contributed by atoms with Gasteiger partial charge in [-0.3, -0.25) is 4.72 Å². The zero-order valence-corrected chi connectivity index (χ0v) is 13.7. The Bertz CT molecular complexity index is 937. The van der Waals surface area contributed by atoms with Gasteiger partial charge >= 0.3 is 0 Å². The predicted molar refractivity (Wildman–Crippen MR) is 85.5 cm³/mol. The molecule has 0 saturated carbocycles. The Balaban J connectivity index is 1.97. The van der Waals surface area contributed by atoms with Crippen LogP contribution in [0.4, 0.5) is 5.69 Å². The van der Waals surface area contributed by atoms with Crippen LogP contribution in [0.15, 0.2) is 40.0 Å². The minimum Gasteiger partial charge on any atom is -0.360 e. The van der Waals surface area contributed by atoms with E-state index in [1.54, 1.807) is 38.4 Å². The molecule has 0 aliphatic rings. The van der Waals surface area contributed by atoms with Gasteiger partial charge in [-0.15, -0.1) is 0 Å². The van der Waals surface area contributed by atoms with Gasteiger partial charge in [0.15, 0.2) is 10.7 Å². The van der Waals surface area contributed by atoms with E-state index >= 15 is 0 Å². The van der Waals surface area contributed by atoms with E-state index in [4.69, 9.17) is 4.52 Å². The van der Waals surface area contributed by atoms with Crippen molar-refractivity contribution in [1.29, 1.82) is 0 Å². The van der Waals surface area contributed by atoms with Crippen molar-refractivity contribution in [3.63, 3.8) is 0 Å². The van der Waals surface area contributed by atoms with Gasteiger partial charge in [0.25, 0.3) is 10.0 Å². The topological polar surface area (TPSA) is 101 Å². The second-order valence-electron chi connectivity index (χ2n) is 5.22. The number of aromatic nitrogens is 3. The van der Waals surface area contributed by atoms with Gasteiger partial charge < -0.3 is 9.51 Å². The monoisotopic (exact) mass is 332 g/mol. The van der Waals surface area contributed by atoms with Crippen LogP contribution in [0.2, 0.25) is 0 Å². The number of hydrogen-bond donors (Lipinski definition) is 2. The molecule has 0 bridgehead atoms.